The van der Waals surface area contributed by atoms with E-state index in [9.17, 15) is 0 Å². The molecule has 3 nitrogen and oxygen atoms in total. The molecule has 0 saturated carbocycles. The molecule has 4 heteroatoms. The molecule has 0 N–H and O–H groups in total. The number of para-hydroxylation sites is 1. The Kier molecular flexibility index (Phi) is 9.39. The third-order valence-electron chi connectivity index (χ3n) is 8.70. The van der Waals surface area contributed by atoms with Gasteiger partial charge in [-0.1, -0.05) is 105 Å². The Balaban J connectivity index is 0.000000244. The van der Waals surface area contributed by atoms with Crippen LogP contribution in [-0.4, -0.2) is 9.97 Å². The van der Waals surface area contributed by atoms with E-state index in [1.54, 1.807) is 12.3 Å². The molecular weight excluding hydrogens is 789 g/mol. The van der Waals surface area contributed by atoms with Gasteiger partial charge in [0.1, 0.15) is 11.2 Å². The van der Waals surface area contributed by atoms with Crippen LogP contribution in [0.25, 0.3) is 66.4 Å². The third kappa shape index (κ3) is 7.48. The molecule has 0 saturated heterocycles. The van der Waals surface area contributed by atoms with Crippen LogP contribution in [0.2, 0.25) is 0 Å². The zero-order valence-electron chi connectivity index (χ0n) is 31.2. The number of hydrogen-bond donors (Lipinski definition) is 0. The van der Waals surface area contributed by atoms with Crippen molar-refractivity contribution in [2.75, 3.05) is 0 Å². The molecule has 0 amide bonds. The summed E-state index contributed by atoms with van der Waals surface area (Å²) in [6.45, 7) is 12.0. The first-order chi connectivity index (χ1) is 24.4. The van der Waals surface area contributed by atoms with Gasteiger partial charge in [0.25, 0.3) is 0 Å². The molecule has 3 aromatic heterocycles. The van der Waals surface area contributed by atoms with E-state index in [0.29, 0.717) is 5.56 Å². The summed E-state index contributed by atoms with van der Waals surface area (Å²) in [7, 11) is 0. The minimum absolute atomic E-state index is 0. The number of rotatable bonds is 4. The van der Waals surface area contributed by atoms with Crippen LogP contribution in [0.15, 0.2) is 126 Å². The number of hydrogen-bond acceptors (Lipinski definition) is 3. The van der Waals surface area contributed by atoms with Crippen molar-refractivity contribution in [3.05, 3.63) is 156 Å². The zero-order chi connectivity index (χ0) is 35.9. The topological polar surface area (TPSA) is 38.9 Å². The van der Waals surface area contributed by atoms with Gasteiger partial charge in [-0.25, -0.2) is 0 Å². The van der Waals surface area contributed by atoms with Crippen LogP contribution in [0.4, 0.5) is 0 Å². The number of benzene rings is 5. The summed E-state index contributed by atoms with van der Waals surface area (Å²) in [5.74, 6) is 0. The number of furan rings is 1. The smallest absolute Gasteiger partial charge is 0.136 e. The Morgan fingerprint density at radius 3 is 2.14 bits per heavy atom. The Morgan fingerprint density at radius 2 is 1.42 bits per heavy atom. The molecule has 1 radical (unpaired) electrons. The number of nitrogens with zero attached hydrogens (tertiary/aromatic N) is 2. The van der Waals surface area contributed by atoms with Crippen molar-refractivity contribution in [2.24, 2.45) is 5.41 Å². The Bertz CT molecular complexity index is 2510. The van der Waals surface area contributed by atoms with Gasteiger partial charge >= 0.3 is 0 Å². The number of fused-ring (bicyclic) bond motifs is 5. The minimum atomic E-state index is -1.48. The molecule has 0 aliphatic carbocycles. The molecule has 0 spiro atoms. The fourth-order valence-corrected chi connectivity index (χ4v) is 6.11. The maximum Gasteiger partial charge on any atom is 0.136 e. The fraction of sp³-hybridized carbons (Fsp3) is 0.174. The monoisotopic (exact) mass is 831 g/mol. The SMILES string of the molecule is Cc1c[c-]c(-c2cc(C)c(C)cn2)cc1.[2H]C([2H])(c1ccnc(-c2[c-]cc(-c3cccc4c3ccc3oc5ccccc5c34)cc2)c1)C(C)(C)C.[Ir]. The average Bonchev–Trinajstić information content (AvgIpc) is 3.52. The second-order valence-corrected chi connectivity index (χ2v) is 13.7. The number of pyridine rings is 2. The van der Waals surface area contributed by atoms with Gasteiger partial charge in [0, 0.05) is 46.0 Å². The molecule has 8 rings (SSSR count). The molecule has 5 aromatic carbocycles. The van der Waals surface area contributed by atoms with Gasteiger partial charge < -0.3 is 14.4 Å². The predicted octanol–water partition coefficient (Wildman–Crippen LogP) is 12.3. The van der Waals surface area contributed by atoms with E-state index in [-0.39, 0.29) is 20.1 Å². The first-order valence-electron chi connectivity index (χ1n) is 17.6. The van der Waals surface area contributed by atoms with Crippen molar-refractivity contribution in [2.45, 2.75) is 47.9 Å². The molecular formula is C46H40IrN2O-2. The van der Waals surface area contributed by atoms with Crippen LogP contribution in [0.1, 0.15) is 45.8 Å². The molecule has 0 aliphatic rings. The van der Waals surface area contributed by atoms with Gasteiger partial charge in [0.15, 0.2) is 0 Å². The van der Waals surface area contributed by atoms with Crippen LogP contribution in [0.5, 0.6) is 0 Å². The second-order valence-electron chi connectivity index (χ2n) is 13.7. The molecule has 50 heavy (non-hydrogen) atoms. The summed E-state index contributed by atoms with van der Waals surface area (Å²) >= 11 is 0. The number of aromatic nitrogens is 2. The minimum Gasteiger partial charge on any atom is -0.456 e. The molecule has 3 heterocycles. The summed E-state index contributed by atoms with van der Waals surface area (Å²) in [5, 5.41) is 4.59. The molecule has 0 aliphatic heterocycles. The van der Waals surface area contributed by atoms with Crippen molar-refractivity contribution in [3.8, 4) is 33.6 Å². The van der Waals surface area contributed by atoms with Crippen molar-refractivity contribution in [3.63, 3.8) is 0 Å². The van der Waals surface area contributed by atoms with Gasteiger partial charge in [-0.2, -0.15) is 0 Å². The molecule has 251 valence electrons. The summed E-state index contributed by atoms with van der Waals surface area (Å²) < 4.78 is 23.3. The summed E-state index contributed by atoms with van der Waals surface area (Å²) in [6.07, 6.45) is 2.12. The average molecular weight is 831 g/mol. The number of aryl methyl sites for hydroxylation is 3. The maximum atomic E-state index is 8.62. The standard InChI is InChI=1S/C32H26NO.C14H14N.Ir/c1-32(2,3)20-21-17-18-33-28(19-21)23-13-11-22(12-14-23)24-8-6-9-26-25(24)15-16-30-31(26)27-7-4-5-10-29(27)34-30;1-10-4-6-13(7-5-10)14-8-11(2)12(3)9-15-14;/h4-13,15-19H,20H2,1-3H3;4-6,8-9H,1-3H3;/q2*-1;/i20D2;;. The molecule has 0 unspecified atom stereocenters. The first-order valence-corrected chi connectivity index (χ1v) is 16.6. The van der Waals surface area contributed by atoms with E-state index >= 15 is 0 Å². The summed E-state index contributed by atoms with van der Waals surface area (Å²) in [5.41, 5.74) is 11.4. The van der Waals surface area contributed by atoms with E-state index in [0.717, 1.165) is 66.4 Å². The van der Waals surface area contributed by atoms with Crippen molar-refractivity contribution < 1.29 is 27.3 Å². The molecule has 8 aromatic rings. The largest absolute Gasteiger partial charge is 0.456 e. The Labute approximate surface area is 311 Å². The van der Waals surface area contributed by atoms with E-state index < -0.39 is 11.8 Å². The predicted molar refractivity (Wildman–Crippen MR) is 205 cm³/mol. The van der Waals surface area contributed by atoms with Crippen molar-refractivity contribution in [1.29, 1.82) is 0 Å². The van der Waals surface area contributed by atoms with Crippen LogP contribution in [-0.2, 0) is 26.5 Å². The molecule has 0 atom stereocenters. The van der Waals surface area contributed by atoms with Crippen molar-refractivity contribution >= 4 is 32.7 Å². The molecule has 0 fully saturated rings. The third-order valence-corrected chi connectivity index (χ3v) is 8.70. The second kappa shape index (κ2) is 14.5. The maximum absolute atomic E-state index is 8.62. The van der Waals surface area contributed by atoms with Gasteiger partial charge in [-0.3, -0.25) is 0 Å². The van der Waals surface area contributed by atoms with Crippen LogP contribution < -0.4 is 0 Å². The van der Waals surface area contributed by atoms with Crippen molar-refractivity contribution in [1.82, 2.24) is 9.97 Å². The molecule has 0 bridgehead atoms. The van der Waals surface area contributed by atoms with E-state index in [1.807, 2.05) is 69.4 Å². The van der Waals surface area contributed by atoms with E-state index in [2.05, 4.69) is 104 Å². The summed E-state index contributed by atoms with van der Waals surface area (Å²) in [4.78, 5) is 8.91. The van der Waals surface area contributed by atoms with Gasteiger partial charge in [-0.05, 0) is 71.6 Å². The van der Waals surface area contributed by atoms with E-state index in [1.165, 1.54) is 16.7 Å². The summed E-state index contributed by atoms with van der Waals surface area (Å²) in [6, 6.07) is 43.3. The van der Waals surface area contributed by atoms with Gasteiger partial charge in [0.05, 0.1) is 0 Å². The first kappa shape index (κ1) is 32.3. The van der Waals surface area contributed by atoms with E-state index in [4.69, 9.17) is 7.16 Å². The normalized spacial score (nSPS) is 12.2. The Hall–Kier alpha value is -4.89. The zero-order valence-corrected chi connectivity index (χ0v) is 31.6. The van der Waals surface area contributed by atoms with Gasteiger partial charge in [-0.15, -0.1) is 65.2 Å². The van der Waals surface area contributed by atoms with Crippen LogP contribution >= 0.6 is 0 Å². The Morgan fingerprint density at radius 1 is 0.680 bits per heavy atom. The quantitative estimate of drug-likeness (QED) is 0.166. The van der Waals surface area contributed by atoms with Crippen LogP contribution in [0.3, 0.4) is 0 Å². The van der Waals surface area contributed by atoms with Gasteiger partial charge in [0.2, 0.25) is 0 Å². The fourth-order valence-electron chi connectivity index (χ4n) is 6.11. The van der Waals surface area contributed by atoms with Crippen LogP contribution in [0, 0.1) is 38.3 Å².